The molecular weight excluding hydrogens is 226 g/mol. The van der Waals surface area contributed by atoms with Crippen LogP contribution in [0.15, 0.2) is 12.1 Å². The van der Waals surface area contributed by atoms with Gasteiger partial charge in [-0.2, -0.15) is 5.26 Å². The Morgan fingerprint density at radius 2 is 2.12 bits per heavy atom. The van der Waals surface area contributed by atoms with Crippen LogP contribution >= 0.6 is 11.6 Å². The van der Waals surface area contributed by atoms with E-state index in [1.165, 1.54) is 0 Å². The number of nitriles is 1. The van der Waals surface area contributed by atoms with E-state index in [1.807, 2.05) is 6.92 Å². The lowest BCUT2D eigenvalue weighted by Crippen LogP contribution is -2.06. The molecule has 0 aromatic heterocycles. The maximum atomic E-state index is 10.7. The third-order valence-corrected chi connectivity index (χ3v) is 2.74. The molecule has 1 N–H and O–H groups in total. The molecule has 3 nitrogen and oxygen atoms in total. The molecule has 0 atom stereocenters. The largest absolute Gasteiger partial charge is 0.481 e. The van der Waals surface area contributed by atoms with Gasteiger partial charge in [0.25, 0.3) is 0 Å². The van der Waals surface area contributed by atoms with Crippen molar-refractivity contribution in [3.05, 3.63) is 34.4 Å². The first-order valence-corrected chi connectivity index (χ1v) is 5.49. The summed E-state index contributed by atoms with van der Waals surface area (Å²) in [7, 11) is 0. The second kappa shape index (κ2) is 5.53. The van der Waals surface area contributed by atoms with Gasteiger partial charge in [-0.1, -0.05) is 19.1 Å². The normalized spacial score (nSPS) is 9.81. The molecule has 4 heteroatoms. The van der Waals surface area contributed by atoms with Crippen LogP contribution in [0.2, 0.25) is 0 Å². The van der Waals surface area contributed by atoms with Gasteiger partial charge in [-0.05, 0) is 23.1 Å². The van der Waals surface area contributed by atoms with E-state index >= 15 is 0 Å². The molecule has 0 aliphatic carbocycles. The molecule has 0 aliphatic heterocycles. The Kier molecular flexibility index (Phi) is 4.33. The van der Waals surface area contributed by atoms with Gasteiger partial charge in [0.1, 0.15) is 0 Å². The Morgan fingerprint density at radius 1 is 1.50 bits per heavy atom. The van der Waals surface area contributed by atoms with Crippen LogP contribution in [0.3, 0.4) is 0 Å². The number of carbonyl (C=O) groups is 1. The molecule has 0 bridgehead atoms. The Morgan fingerprint density at radius 3 is 2.56 bits per heavy atom. The molecule has 0 aliphatic rings. The number of alkyl halides is 1. The summed E-state index contributed by atoms with van der Waals surface area (Å²) in [4.78, 5) is 10.7. The molecule has 16 heavy (non-hydrogen) atoms. The van der Waals surface area contributed by atoms with Crippen molar-refractivity contribution in [1.29, 1.82) is 5.26 Å². The highest BCUT2D eigenvalue weighted by Gasteiger charge is 2.13. The molecule has 0 amide bonds. The number of halogens is 1. The van der Waals surface area contributed by atoms with Crippen LogP contribution in [0.25, 0.3) is 0 Å². The second-order valence-electron chi connectivity index (χ2n) is 3.41. The first-order chi connectivity index (χ1) is 7.63. The average Bonchev–Trinajstić information content (AvgIpc) is 2.27. The summed E-state index contributed by atoms with van der Waals surface area (Å²) in [5.41, 5.74) is 2.77. The summed E-state index contributed by atoms with van der Waals surface area (Å²) < 4.78 is 0. The van der Waals surface area contributed by atoms with Crippen molar-refractivity contribution in [2.24, 2.45) is 0 Å². The Labute approximate surface area is 99.3 Å². The van der Waals surface area contributed by atoms with Gasteiger partial charge >= 0.3 is 5.97 Å². The predicted molar refractivity (Wildman–Crippen MR) is 61.4 cm³/mol. The van der Waals surface area contributed by atoms with Gasteiger partial charge in [0.15, 0.2) is 0 Å². The van der Waals surface area contributed by atoms with E-state index in [2.05, 4.69) is 6.07 Å². The molecular formula is C12H12ClNO2. The van der Waals surface area contributed by atoms with Crippen molar-refractivity contribution in [2.45, 2.75) is 25.6 Å². The van der Waals surface area contributed by atoms with Crippen LogP contribution in [0, 0.1) is 11.3 Å². The maximum Gasteiger partial charge on any atom is 0.307 e. The number of carboxylic acid groups (broad SMARTS) is 1. The quantitative estimate of drug-likeness (QED) is 0.819. The summed E-state index contributed by atoms with van der Waals surface area (Å²) in [5.74, 6) is -0.595. The molecule has 0 heterocycles. The molecule has 0 fully saturated rings. The average molecular weight is 238 g/mol. The molecule has 0 unspecified atom stereocenters. The van der Waals surface area contributed by atoms with E-state index in [1.54, 1.807) is 12.1 Å². The maximum absolute atomic E-state index is 10.7. The minimum atomic E-state index is -0.933. The highest BCUT2D eigenvalue weighted by Crippen LogP contribution is 2.21. The molecule has 84 valence electrons. The number of nitrogens with zero attached hydrogens (tertiary/aromatic N) is 1. The number of benzene rings is 1. The zero-order chi connectivity index (χ0) is 12.1. The highest BCUT2D eigenvalue weighted by atomic mass is 35.5. The number of aliphatic carboxylic acids is 1. The third-order valence-electron chi connectivity index (χ3n) is 2.45. The minimum Gasteiger partial charge on any atom is -0.481 e. The zero-order valence-electron chi connectivity index (χ0n) is 8.96. The predicted octanol–water partition coefficient (Wildman–Crippen LogP) is 2.49. The summed E-state index contributed by atoms with van der Waals surface area (Å²) in [6.45, 7) is 1.93. The first-order valence-electron chi connectivity index (χ1n) is 4.95. The van der Waals surface area contributed by atoms with Crippen LogP contribution in [0.1, 0.15) is 29.2 Å². The monoisotopic (exact) mass is 237 g/mol. The third kappa shape index (κ3) is 2.53. The molecule has 0 spiro atoms. The molecule has 1 rings (SSSR count). The standard InChI is InChI=1S/C12H12ClNO2/c1-2-10-9(6-13)4-3-8(5-12(15)16)11(10)7-14/h3-4H,2,5-6H2,1H3,(H,15,16). The second-order valence-corrected chi connectivity index (χ2v) is 3.67. The lowest BCUT2D eigenvalue weighted by Gasteiger charge is -2.10. The van der Waals surface area contributed by atoms with Gasteiger partial charge in [0.2, 0.25) is 0 Å². The van der Waals surface area contributed by atoms with Gasteiger partial charge in [0.05, 0.1) is 18.1 Å². The Bertz CT molecular complexity index is 449. The van der Waals surface area contributed by atoms with E-state index in [0.717, 1.165) is 11.1 Å². The van der Waals surface area contributed by atoms with Gasteiger partial charge in [-0.15, -0.1) is 11.6 Å². The fourth-order valence-electron chi connectivity index (χ4n) is 1.72. The van der Waals surface area contributed by atoms with E-state index in [9.17, 15) is 4.79 Å². The number of rotatable bonds is 4. The van der Waals surface area contributed by atoms with Gasteiger partial charge in [-0.25, -0.2) is 0 Å². The molecule has 1 aromatic rings. The van der Waals surface area contributed by atoms with Crippen LogP contribution in [0.4, 0.5) is 0 Å². The SMILES string of the molecule is CCc1c(CCl)ccc(CC(=O)O)c1C#N. The topological polar surface area (TPSA) is 61.1 Å². The summed E-state index contributed by atoms with van der Waals surface area (Å²) in [6.07, 6.45) is 0.552. The van der Waals surface area contributed by atoms with E-state index in [4.69, 9.17) is 22.0 Å². The smallest absolute Gasteiger partial charge is 0.307 e. The van der Waals surface area contributed by atoms with Crippen LogP contribution in [-0.4, -0.2) is 11.1 Å². The van der Waals surface area contributed by atoms with Gasteiger partial charge in [0, 0.05) is 5.88 Å². The molecule has 0 saturated heterocycles. The summed E-state index contributed by atoms with van der Waals surface area (Å²) in [5, 5.41) is 17.8. The van der Waals surface area contributed by atoms with Gasteiger partial charge in [-0.3, -0.25) is 4.79 Å². The molecule has 0 radical (unpaired) electrons. The van der Waals surface area contributed by atoms with E-state index in [0.29, 0.717) is 23.4 Å². The van der Waals surface area contributed by atoms with Crippen molar-refractivity contribution < 1.29 is 9.90 Å². The fraction of sp³-hybridized carbons (Fsp3) is 0.333. The molecule has 1 aromatic carbocycles. The number of carboxylic acids is 1. The van der Waals surface area contributed by atoms with Crippen molar-refractivity contribution in [3.8, 4) is 6.07 Å². The van der Waals surface area contributed by atoms with E-state index < -0.39 is 5.97 Å². The lowest BCUT2D eigenvalue weighted by molar-refractivity contribution is -0.136. The summed E-state index contributed by atoms with van der Waals surface area (Å²) >= 11 is 5.77. The van der Waals surface area contributed by atoms with Crippen LogP contribution < -0.4 is 0 Å². The van der Waals surface area contributed by atoms with Crippen molar-refractivity contribution in [1.82, 2.24) is 0 Å². The van der Waals surface area contributed by atoms with Crippen LogP contribution in [-0.2, 0) is 23.5 Å². The van der Waals surface area contributed by atoms with Crippen LogP contribution in [0.5, 0.6) is 0 Å². The minimum absolute atomic E-state index is 0.127. The van der Waals surface area contributed by atoms with Crippen molar-refractivity contribution >= 4 is 17.6 Å². The van der Waals surface area contributed by atoms with Gasteiger partial charge < -0.3 is 5.11 Å². The Balaban J connectivity index is 3.32. The number of hydrogen-bond acceptors (Lipinski definition) is 2. The van der Waals surface area contributed by atoms with Crippen molar-refractivity contribution in [2.75, 3.05) is 0 Å². The fourth-order valence-corrected chi connectivity index (χ4v) is 1.97. The summed E-state index contributed by atoms with van der Waals surface area (Å²) in [6, 6.07) is 5.54. The Hall–Kier alpha value is -1.53. The molecule has 0 saturated carbocycles. The first kappa shape index (κ1) is 12.5. The zero-order valence-corrected chi connectivity index (χ0v) is 9.71. The lowest BCUT2D eigenvalue weighted by atomic mass is 9.94. The van der Waals surface area contributed by atoms with Crippen molar-refractivity contribution in [3.63, 3.8) is 0 Å². The number of hydrogen-bond donors (Lipinski definition) is 1. The van der Waals surface area contributed by atoms with E-state index in [-0.39, 0.29) is 6.42 Å². The highest BCUT2D eigenvalue weighted by molar-refractivity contribution is 6.17.